The summed E-state index contributed by atoms with van der Waals surface area (Å²) in [5.41, 5.74) is 2.44. The zero-order chi connectivity index (χ0) is 11.1. The third-order valence-electron chi connectivity index (χ3n) is 2.20. The Morgan fingerprint density at radius 1 is 1.47 bits per heavy atom. The molecular formula is C12H20N2O. The quantitative estimate of drug-likeness (QED) is 0.773. The molecular weight excluding hydrogens is 188 g/mol. The van der Waals surface area contributed by atoms with Crippen LogP contribution in [0.15, 0.2) is 18.5 Å². The predicted molar refractivity (Wildman–Crippen MR) is 61.7 cm³/mol. The van der Waals surface area contributed by atoms with E-state index in [4.69, 9.17) is 4.74 Å². The summed E-state index contributed by atoms with van der Waals surface area (Å²) < 4.78 is 5.07. The minimum absolute atomic E-state index is 0.549. The van der Waals surface area contributed by atoms with Crippen molar-refractivity contribution in [2.24, 2.45) is 5.92 Å². The molecule has 84 valence electrons. The van der Waals surface area contributed by atoms with Crippen LogP contribution in [0.25, 0.3) is 0 Å². The standard InChI is InChI=1S/C12H20N2O/c1-10-4-12(7-13-5-10)8-14-6-11(2)9-15-3/h4-5,7,11,14H,6,8-9H2,1-3H3. The fourth-order valence-corrected chi connectivity index (χ4v) is 1.52. The average Bonchev–Trinajstić information content (AvgIpc) is 2.18. The molecule has 15 heavy (non-hydrogen) atoms. The zero-order valence-electron chi connectivity index (χ0n) is 9.79. The normalized spacial score (nSPS) is 12.7. The van der Waals surface area contributed by atoms with E-state index in [9.17, 15) is 0 Å². The molecule has 0 saturated carbocycles. The van der Waals surface area contributed by atoms with Gasteiger partial charge in [-0.25, -0.2) is 0 Å². The fourth-order valence-electron chi connectivity index (χ4n) is 1.52. The van der Waals surface area contributed by atoms with Gasteiger partial charge in [0, 0.05) is 39.2 Å². The van der Waals surface area contributed by atoms with Gasteiger partial charge in [-0.15, -0.1) is 0 Å². The van der Waals surface area contributed by atoms with Gasteiger partial charge in [-0.2, -0.15) is 0 Å². The van der Waals surface area contributed by atoms with Crippen LogP contribution in [0.2, 0.25) is 0 Å². The van der Waals surface area contributed by atoms with Gasteiger partial charge in [0.25, 0.3) is 0 Å². The third kappa shape index (κ3) is 4.91. The van der Waals surface area contributed by atoms with Crippen LogP contribution in [0, 0.1) is 12.8 Å². The molecule has 0 saturated heterocycles. The molecule has 1 heterocycles. The largest absolute Gasteiger partial charge is 0.384 e. The van der Waals surface area contributed by atoms with Gasteiger partial charge in [0.2, 0.25) is 0 Å². The smallest absolute Gasteiger partial charge is 0.0499 e. The van der Waals surface area contributed by atoms with Crippen molar-refractivity contribution in [3.8, 4) is 0 Å². The lowest BCUT2D eigenvalue weighted by Crippen LogP contribution is -2.23. The summed E-state index contributed by atoms with van der Waals surface area (Å²) in [6.45, 7) is 6.89. The molecule has 1 N–H and O–H groups in total. The minimum atomic E-state index is 0.549. The van der Waals surface area contributed by atoms with E-state index >= 15 is 0 Å². The SMILES string of the molecule is COCC(C)CNCc1cncc(C)c1. The van der Waals surface area contributed by atoms with E-state index in [-0.39, 0.29) is 0 Å². The van der Waals surface area contributed by atoms with Crippen LogP contribution >= 0.6 is 0 Å². The molecule has 0 aliphatic rings. The lowest BCUT2D eigenvalue weighted by atomic mass is 10.2. The van der Waals surface area contributed by atoms with E-state index in [1.807, 2.05) is 12.4 Å². The number of pyridine rings is 1. The number of nitrogens with one attached hydrogen (secondary N) is 1. The van der Waals surface area contributed by atoms with Crippen LogP contribution in [0.4, 0.5) is 0 Å². The molecule has 0 amide bonds. The number of aromatic nitrogens is 1. The van der Waals surface area contributed by atoms with E-state index in [0.717, 1.165) is 19.7 Å². The van der Waals surface area contributed by atoms with Gasteiger partial charge in [0.05, 0.1) is 0 Å². The molecule has 0 radical (unpaired) electrons. The number of nitrogens with zero attached hydrogens (tertiary/aromatic N) is 1. The van der Waals surface area contributed by atoms with Crippen LogP contribution in [-0.4, -0.2) is 25.2 Å². The molecule has 3 nitrogen and oxygen atoms in total. The van der Waals surface area contributed by atoms with E-state index in [0.29, 0.717) is 5.92 Å². The second kappa shape index (κ2) is 6.53. The number of methoxy groups -OCH3 is 1. The van der Waals surface area contributed by atoms with Crippen LogP contribution in [-0.2, 0) is 11.3 Å². The highest BCUT2D eigenvalue weighted by molar-refractivity contribution is 5.16. The molecule has 0 aliphatic heterocycles. The molecule has 0 bridgehead atoms. The van der Waals surface area contributed by atoms with Gasteiger partial charge in [0.1, 0.15) is 0 Å². The van der Waals surface area contributed by atoms with Crippen molar-refractivity contribution in [3.63, 3.8) is 0 Å². The second-order valence-electron chi connectivity index (χ2n) is 4.06. The van der Waals surface area contributed by atoms with Crippen LogP contribution in [0.5, 0.6) is 0 Å². The lowest BCUT2D eigenvalue weighted by Gasteiger charge is -2.11. The Morgan fingerprint density at radius 3 is 2.93 bits per heavy atom. The minimum Gasteiger partial charge on any atom is -0.384 e. The first kappa shape index (κ1) is 12.1. The topological polar surface area (TPSA) is 34.1 Å². The van der Waals surface area contributed by atoms with E-state index in [2.05, 4.69) is 30.2 Å². The molecule has 0 aromatic carbocycles. The summed E-state index contributed by atoms with van der Waals surface area (Å²) in [6, 6.07) is 2.15. The van der Waals surface area contributed by atoms with E-state index in [1.165, 1.54) is 11.1 Å². The summed E-state index contributed by atoms with van der Waals surface area (Å²) in [4.78, 5) is 4.15. The Bertz CT molecular complexity index is 289. The maximum Gasteiger partial charge on any atom is 0.0499 e. The molecule has 1 aromatic rings. The summed E-state index contributed by atoms with van der Waals surface area (Å²) in [5, 5.41) is 3.39. The molecule has 3 heteroatoms. The highest BCUT2D eigenvalue weighted by Crippen LogP contribution is 2.01. The summed E-state index contributed by atoms with van der Waals surface area (Å²) in [6.07, 6.45) is 3.78. The van der Waals surface area contributed by atoms with Crippen LogP contribution < -0.4 is 5.32 Å². The number of ether oxygens (including phenoxy) is 1. The van der Waals surface area contributed by atoms with Gasteiger partial charge >= 0.3 is 0 Å². The number of hydrogen-bond donors (Lipinski definition) is 1. The first-order chi connectivity index (χ1) is 7.22. The summed E-state index contributed by atoms with van der Waals surface area (Å²) in [7, 11) is 1.74. The number of hydrogen-bond acceptors (Lipinski definition) is 3. The lowest BCUT2D eigenvalue weighted by molar-refractivity contribution is 0.158. The molecule has 0 aliphatic carbocycles. The predicted octanol–water partition coefficient (Wildman–Crippen LogP) is 1.76. The molecule has 1 atom stereocenters. The number of aryl methyl sites for hydroxylation is 1. The van der Waals surface area contributed by atoms with Crippen LogP contribution in [0.3, 0.4) is 0 Å². The summed E-state index contributed by atoms with van der Waals surface area (Å²) >= 11 is 0. The Hall–Kier alpha value is -0.930. The Balaban J connectivity index is 2.25. The van der Waals surface area contributed by atoms with Crippen LogP contribution in [0.1, 0.15) is 18.1 Å². The van der Waals surface area contributed by atoms with E-state index < -0.39 is 0 Å². The molecule has 1 aromatic heterocycles. The first-order valence-electron chi connectivity index (χ1n) is 5.32. The van der Waals surface area contributed by atoms with E-state index in [1.54, 1.807) is 7.11 Å². The zero-order valence-corrected chi connectivity index (χ0v) is 9.79. The van der Waals surface area contributed by atoms with Gasteiger partial charge in [-0.3, -0.25) is 4.98 Å². The van der Waals surface area contributed by atoms with Gasteiger partial charge in [-0.05, 0) is 24.0 Å². The van der Waals surface area contributed by atoms with Crippen molar-refractivity contribution in [2.75, 3.05) is 20.3 Å². The Labute approximate surface area is 91.9 Å². The van der Waals surface area contributed by atoms with Gasteiger partial charge < -0.3 is 10.1 Å². The van der Waals surface area contributed by atoms with Crippen molar-refractivity contribution in [1.29, 1.82) is 0 Å². The summed E-state index contributed by atoms with van der Waals surface area (Å²) in [5.74, 6) is 0.549. The Kier molecular flexibility index (Phi) is 5.29. The highest BCUT2D eigenvalue weighted by atomic mass is 16.5. The third-order valence-corrected chi connectivity index (χ3v) is 2.20. The maximum absolute atomic E-state index is 5.07. The van der Waals surface area contributed by atoms with Crippen molar-refractivity contribution >= 4 is 0 Å². The molecule has 1 rings (SSSR count). The fraction of sp³-hybridized carbons (Fsp3) is 0.583. The second-order valence-corrected chi connectivity index (χ2v) is 4.06. The van der Waals surface area contributed by atoms with Crippen molar-refractivity contribution in [1.82, 2.24) is 10.3 Å². The first-order valence-corrected chi connectivity index (χ1v) is 5.32. The number of rotatable bonds is 6. The molecule has 0 fully saturated rings. The monoisotopic (exact) mass is 208 g/mol. The average molecular weight is 208 g/mol. The highest BCUT2D eigenvalue weighted by Gasteiger charge is 2.00. The Morgan fingerprint density at radius 2 is 2.27 bits per heavy atom. The van der Waals surface area contributed by atoms with Gasteiger partial charge in [-0.1, -0.05) is 13.0 Å². The van der Waals surface area contributed by atoms with Crippen molar-refractivity contribution < 1.29 is 4.74 Å². The molecule has 1 unspecified atom stereocenters. The van der Waals surface area contributed by atoms with Crippen molar-refractivity contribution in [3.05, 3.63) is 29.6 Å². The van der Waals surface area contributed by atoms with Crippen molar-refractivity contribution in [2.45, 2.75) is 20.4 Å². The maximum atomic E-state index is 5.07. The van der Waals surface area contributed by atoms with Gasteiger partial charge in [0.15, 0.2) is 0 Å². The molecule has 0 spiro atoms.